The summed E-state index contributed by atoms with van der Waals surface area (Å²) in [4.78, 5) is 15.4. The Kier molecular flexibility index (Phi) is 5.11. The average molecular weight is 226 g/mol. The van der Waals surface area contributed by atoms with E-state index in [1.54, 1.807) is 0 Å². The second kappa shape index (κ2) is 6.37. The maximum absolute atomic E-state index is 11.2. The number of nitrogens with zero attached hydrogens (tertiary/aromatic N) is 2. The summed E-state index contributed by atoms with van der Waals surface area (Å²) in [5.41, 5.74) is 0. The molecule has 5 nitrogen and oxygen atoms in total. The third kappa shape index (κ3) is 4.53. The first-order chi connectivity index (χ1) is 7.61. The molecule has 90 valence electrons. The second-order valence-electron chi connectivity index (χ2n) is 4.19. The third-order valence-corrected chi connectivity index (χ3v) is 2.11. The van der Waals surface area contributed by atoms with Crippen LogP contribution >= 0.6 is 0 Å². The van der Waals surface area contributed by atoms with E-state index in [-0.39, 0.29) is 18.8 Å². The molecule has 5 heteroatoms. The minimum absolute atomic E-state index is 0.0541. The number of methoxy groups -OCH3 is 1. The number of Topliss-reactive ketones (excluding diaryl/α,β-unsaturated/α-hetero) is 1. The molecular formula is C11H18N2O3. The van der Waals surface area contributed by atoms with Crippen LogP contribution in [-0.2, 0) is 22.4 Å². The fourth-order valence-electron chi connectivity index (χ4n) is 1.26. The molecule has 1 aromatic rings. The molecule has 0 N–H and O–H groups in total. The number of aromatic nitrogens is 2. The summed E-state index contributed by atoms with van der Waals surface area (Å²) in [6.45, 7) is 4.37. The van der Waals surface area contributed by atoms with Crippen molar-refractivity contribution in [3.63, 3.8) is 0 Å². The van der Waals surface area contributed by atoms with Gasteiger partial charge in [-0.25, -0.2) is 0 Å². The van der Waals surface area contributed by atoms with E-state index >= 15 is 0 Å². The Balaban J connectivity index is 2.42. The molecule has 0 aliphatic heterocycles. The fraction of sp³-hybridized carbons (Fsp3) is 0.727. The monoisotopic (exact) mass is 226 g/mol. The van der Waals surface area contributed by atoms with Crippen molar-refractivity contribution in [3.05, 3.63) is 11.7 Å². The van der Waals surface area contributed by atoms with Gasteiger partial charge in [0, 0.05) is 13.5 Å². The number of hydrogen-bond acceptors (Lipinski definition) is 5. The molecule has 0 aliphatic rings. The molecule has 0 atom stereocenters. The van der Waals surface area contributed by atoms with E-state index in [1.165, 1.54) is 7.11 Å². The smallest absolute Gasteiger partial charge is 0.234 e. The van der Waals surface area contributed by atoms with Crippen molar-refractivity contribution in [2.75, 3.05) is 13.7 Å². The van der Waals surface area contributed by atoms with Crippen LogP contribution in [0.3, 0.4) is 0 Å². The maximum atomic E-state index is 11.2. The number of carbonyl (C=O) groups excluding carboxylic acids is 1. The third-order valence-electron chi connectivity index (χ3n) is 2.11. The molecule has 0 amide bonds. The van der Waals surface area contributed by atoms with Crippen molar-refractivity contribution in [3.8, 4) is 0 Å². The van der Waals surface area contributed by atoms with Crippen LogP contribution in [-0.4, -0.2) is 29.6 Å². The average Bonchev–Trinajstić information content (AvgIpc) is 2.63. The van der Waals surface area contributed by atoms with Crippen LogP contribution in [0.15, 0.2) is 4.52 Å². The normalized spacial score (nSPS) is 11.0. The highest BCUT2D eigenvalue weighted by Crippen LogP contribution is 2.06. The summed E-state index contributed by atoms with van der Waals surface area (Å²) < 4.78 is 9.70. The van der Waals surface area contributed by atoms with Gasteiger partial charge in [0.15, 0.2) is 11.6 Å². The molecule has 0 saturated heterocycles. The Morgan fingerprint density at radius 3 is 2.88 bits per heavy atom. The largest absolute Gasteiger partial charge is 0.377 e. The van der Waals surface area contributed by atoms with Crippen LogP contribution in [0, 0.1) is 5.92 Å². The van der Waals surface area contributed by atoms with Gasteiger partial charge in [0.25, 0.3) is 0 Å². The van der Waals surface area contributed by atoms with E-state index in [2.05, 4.69) is 24.0 Å². The summed E-state index contributed by atoms with van der Waals surface area (Å²) in [6.07, 6.45) is 1.97. The van der Waals surface area contributed by atoms with E-state index in [0.29, 0.717) is 17.6 Å². The zero-order valence-corrected chi connectivity index (χ0v) is 10.0. The molecule has 0 aliphatic carbocycles. The summed E-state index contributed by atoms with van der Waals surface area (Å²) in [7, 11) is 1.49. The Morgan fingerprint density at radius 2 is 2.25 bits per heavy atom. The van der Waals surface area contributed by atoms with Crippen LogP contribution in [0.1, 0.15) is 32.0 Å². The second-order valence-corrected chi connectivity index (χ2v) is 4.19. The molecule has 1 aromatic heterocycles. The van der Waals surface area contributed by atoms with Crippen molar-refractivity contribution in [2.24, 2.45) is 5.92 Å². The van der Waals surface area contributed by atoms with Gasteiger partial charge in [0.05, 0.1) is 6.42 Å². The van der Waals surface area contributed by atoms with E-state index in [0.717, 1.165) is 12.8 Å². The van der Waals surface area contributed by atoms with Gasteiger partial charge in [-0.05, 0) is 12.3 Å². The van der Waals surface area contributed by atoms with Crippen LogP contribution in [0.4, 0.5) is 0 Å². The van der Waals surface area contributed by atoms with Gasteiger partial charge >= 0.3 is 0 Å². The van der Waals surface area contributed by atoms with E-state index in [9.17, 15) is 4.79 Å². The van der Waals surface area contributed by atoms with Crippen molar-refractivity contribution >= 4 is 5.78 Å². The Labute approximate surface area is 95.2 Å². The summed E-state index contributed by atoms with van der Waals surface area (Å²) in [6, 6.07) is 0. The van der Waals surface area contributed by atoms with Crippen molar-refractivity contribution in [1.29, 1.82) is 0 Å². The Morgan fingerprint density at radius 1 is 1.50 bits per heavy atom. The van der Waals surface area contributed by atoms with Crippen LogP contribution in [0.25, 0.3) is 0 Å². The van der Waals surface area contributed by atoms with Crippen LogP contribution < -0.4 is 0 Å². The fourth-order valence-corrected chi connectivity index (χ4v) is 1.26. The van der Waals surface area contributed by atoms with E-state index in [1.807, 2.05) is 0 Å². The number of ether oxygens (including phenoxy) is 1. The first-order valence-corrected chi connectivity index (χ1v) is 5.44. The van der Waals surface area contributed by atoms with Crippen LogP contribution in [0.2, 0.25) is 0 Å². The van der Waals surface area contributed by atoms with Crippen LogP contribution in [0.5, 0.6) is 0 Å². The Hall–Kier alpha value is -1.23. The number of aryl methyl sites for hydroxylation is 1. The van der Waals surface area contributed by atoms with Gasteiger partial charge in [-0.15, -0.1) is 0 Å². The minimum Gasteiger partial charge on any atom is -0.377 e. The molecule has 0 aromatic carbocycles. The molecule has 0 saturated carbocycles. The Bertz CT molecular complexity index is 334. The summed E-state index contributed by atoms with van der Waals surface area (Å²) >= 11 is 0. The standard InChI is InChI=1S/C11H18N2O3/c1-8(2)4-5-10-12-11(16-13-10)6-9(14)7-15-3/h8H,4-7H2,1-3H3. The number of hydrogen-bond donors (Lipinski definition) is 0. The van der Waals surface area contributed by atoms with Crippen molar-refractivity contribution in [1.82, 2.24) is 10.1 Å². The maximum Gasteiger partial charge on any atom is 0.234 e. The van der Waals surface area contributed by atoms with Crippen molar-refractivity contribution < 1.29 is 14.1 Å². The highest BCUT2D eigenvalue weighted by Gasteiger charge is 2.11. The topological polar surface area (TPSA) is 65.2 Å². The highest BCUT2D eigenvalue weighted by molar-refractivity contribution is 5.81. The summed E-state index contributed by atoms with van der Waals surface area (Å²) in [5, 5.41) is 3.82. The van der Waals surface area contributed by atoms with E-state index < -0.39 is 0 Å². The molecule has 0 bridgehead atoms. The van der Waals surface area contributed by atoms with E-state index in [4.69, 9.17) is 9.26 Å². The first kappa shape index (κ1) is 12.8. The molecular weight excluding hydrogens is 208 g/mol. The highest BCUT2D eigenvalue weighted by atomic mass is 16.5. The number of rotatable bonds is 7. The quantitative estimate of drug-likeness (QED) is 0.703. The van der Waals surface area contributed by atoms with Gasteiger partial charge in [0.2, 0.25) is 5.89 Å². The van der Waals surface area contributed by atoms with Gasteiger partial charge in [-0.3, -0.25) is 4.79 Å². The molecule has 0 fully saturated rings. The molecule has 16 heavy (non-hydrogen) atoms. The zero-order chi connectivity index (χ0) is 12.0. The number of ketones is 1. The SMILES string of the molecule is COCC(=O)Cc1nc(CCC(C)C)no1. The molecule has 1 heterocycles. The lowest BCUT2D eigenvalue weighted by molar-refractivity contribution is -0.122. The predicted molar refractivity (Wildman–Crippen MR) is 58.0 cm³/mol. The molecule has 0 unspecified atom stereocenters. The summed E-state index contributed by atoms with van der Waals surface area (Å²) in [5.74, 6) is 1.60. The van der Waals surface area contributed by atoms with Gasteiger partial charge in [-0.1, -0.05) is 19.0 Å². The molecule has 0 spiro atoms. The molecule has 0 radical (unpaired) electrons. The predicted octanol–water partition coefficient (Wildman–Crippen LogP) is 1.42. The molecule has 1 rings (SSSR count). The van der Waals surface area contributed by atoms with Gasteiger partial charge in [0.1, 0.15) is 6.61 Å². The minimum atomic E-state index is -0.0541. The number of carbonyl (C=O) groups is 1. The lowest BCUT2D eigenvalue weighted by atomic mass is 10.1. The van der Waals surface area contributed by atoms with Gasteiger partial charge in [-0.2, -0.15) is 4.98 Å². The lowest BCUT2D eigenvalue weighted by Crippen LogP contribution is -2.09. The van der Waals surface area contributed by atoms with Crippen molar-refractivity contribution in [2.45, 2.75) is 33.1 Å². The zero-order valence-electron chi connectivity index (χ0n) is 10.0. The lowest BCUT2D eigenvalue weighted by Gasteiger charge is -1.98. The van der Waals surface area contributed by atoms with Gasteiger partial charge < -0.3 is 9.26 Å². The first-order valence-electron chi connectivity index (χ1n) is 5.44.